The molecule has 1 N–H and O–H groups in total. The van der Waals surface area contributed by atoms with Crippen molar-refractivity contribution in [1.29, 1.82) is 0 Å². The molecule has 18 heavy (non-hydrogen) atoms. The standard InChI is InChI=1S/C14H22N2O2/c1-11-12(10-16-8-6-15-7-9-16)4-5-13(17-2)14(11)18-3/h4-5,15H,6-10H2,1-3H3. The predicted octanol–water partition coefficient (Wildman–Crippen LogP) is 1.42. The molecule has 0 saturated carbocycles. The van der Waals surface area contributed by atoms with E-state index in [1.165, 1.54) is 11.1 Å². The van der Waals surface area contributed by atoms with Crippen LogP contribution in [0.1, 0.15) is 11.1 Å². The molecule has 0 unspecified atom stereocenters. The highest BCUT2D eigenvalue weighted by Gasteiger charge is 2.15. The number of ether oxygens (including phenoxy) is 2. The number of nitrogens with zero attached hydrogens (tertiary/aromatic N) is 1. The molecular formula is C14H22N2O2. The summed E-state index contributed by atoms with van der Waals surface area (Å²) in [5.41, 5.74) is 2.49. The van der Waals surface area contributed by atoms with Gasteiger partial charge in [0.1, 0.15) is 0 Å². The van der Waals surface area contributed by atoms with Crippen molar-refractivity contribution >= 4 is 0 Å². The lowest BCUT2D eigenvalue weighted by molar-refractivity contribution is 0.232. The lowest BCUT2D eigenvalue weighted by Gasteiger charge is -2.28. The first-order valence-electron chi connectivity index (χ1n) is 6.39. The molecule has 1 aliphatic heterocycles. The molecule has 1 aromatic rings. The Bertz CT molecular complexity index is 401. The van der Waals surface area contributed by atoms with Crippen molar-refractivity contribution in [3.63, 3.8) is 0 Å². The monoisotopic (exact) mass is 250 g/mol. The van der Waals surface area contributed by atoms with Crippen molar-refractivity contribution in [3.8, 4) is 11.5 Å². The molecule has 0 spiro atoms. The number of hydrogen-bond donors (Lipinski definition) is 1. The van der Waals surface area contributed by atoms with Crippen molar-refractivity contribution in [1.82, 2.24) is 10.2 Å². The van der Waals surface area contributed by atoms with E-state index in [0.29, 0.717) is 0 Å². The normalized spacial score (nSPS) is 16.6. The fourth-order valence-electron chi connectivity index (χ4n) is 2.40. The molecule has 2 rings (SSSR count). The van der Waals surface area contributed by atoms with Gasteiger partial charge in [0.05, 0.1) is 14.2 Å². The summed E-state index contributed by atoms with van der Waals surface area (Å²) in [7, 11) is 3.37. The Balaban J connectivity index is 2.17. The Kier molecular flexibility index (Phi) is 4.44. The highest BCUT2D eigenvalue weighted by Crippen LogP contribution is 2.33. The third-order valence-electron chi connectivity index (χ3n) is 3.51. The predicted molar refractivity (Wildman–Crippen MR) is 72.4 cm³/mol. The zero-order chi connectivity index (χ0) is 13.0. The molecule has 1 saturated heterocycles. The number of rotatable bonds is 4. The molecule has 0 bridgehead atoms. The zero-order valence-electron chi connectivity index (χ0n) is 11.5. The van der Waals surface area contributed by atoms with Crippen LogP contribution in [0.5, 0.6) is 11.5 Å². The van der Waals surface area contributed by atoms with Gasteiger partial charge in [-0.05, 0) is 24.1 Å². The van der Waals surface area contributed by atoms with Gasteiger partial charge < -0.3 is 14.8 Å². The van der Waals surface area contributed by atoms with Crippen molar-refractivity contribution in [2.45, 2.75) is 13.5 Å². The molecule has 0 aromatic heterocycles. The van der Waals surface area contributed by atoms with Crippen LogP contribution in [0.15, 0.2) is 12.1 Å². The molecule has 1 heterocycles. The summed E-state index contributed by atoms with van der Waals surface area (Å²) < 4.78 is 10.8. The van der Waals surface area contributed by atoms with Crippen LogP contribution in [0.2, 0.25) is 0 Å². The molecule has 0 radical (unpaired) electrons. The zero-order valence-corrected chi connectivity index (χ0v) is 11.5. The van der Waals surface area contributed by atoms with Crippen LogP contribution in [-0.2, 0) is 6.54 Å². The fraction of sp³-hybridized carbons (Fsp3) is 0.571. The maximum absolute atomic E-state index is 5.44. The summed E-state index contributed by atoms with van der Waals surface area (Å²) in [6.07, 6.45) is 0. The third-order valence-corrected chi connectivity index (χ3v) is 3.51. The summed E-state index contributed by atoms with van der Waals surface area (Å²) in [4.78, 5) is 2.46. The molecule has 0 aliphatic carbocycles. The van der Waals surface area contributed by atoms with Crippen LogP contribution in [-0.4, -0.2) is 45.3 Å². The highest BCUT2D eigenvalue weighted by atomic mass is 16.5. The Labute approximate surface area is 109 Å². The Morgan fingerprint density at radius 3 is 2.50 bits per heavy atom. The number of benzene rings is 1. The van der Waals surface area contributed by atoms with Gasteiger partial charge in [-0.15, -0.1) is 0 Å². The van der Waals surface area contributed by atoms with Gasteiger partial charge in [0.15, 0.2) is 11.5 Å². The number of methoxy groups -OCH3 is 2. The Morgan fingerprint density at radius 1 is 1.17 bits per heavy atom. The molecule has 0 atom stereocenters. The van der Waals surface area contributed by atoms with Gasteiger partial charge in [-0.3, -0.25) is 4.90 Å². The quantitative estimate of drug-likeness (QED) is 0.876. The van der Waals surface area contributed by atoms with E-state index in [1.54, 1.807) is 14.2 Å². The first-order valence-corrected chi connectivity index (χ1v) is 6.39. The second-order valence-corrected chi connectivity index (χ2v) is 4.61. The van der Waals surface area contributed by atoms with E-state index in [4.69, 9.17) is 9.47 Å². The molecule has 1 fully saturated rings. The summed E-state index contributed by atoms with van der Waals surface area (Å²) in [6.45, 7) is 7.44. The van der Waals surface area contributed by atoms with Crippen LogP contribution in [0, 0.1) is 6.92 Å². The smallest absolute Gasteiger partial charge is 0.163 e. The van der Waals surface area contributed by atoms with Crippen molar-refractivity contribution in [2.75, 3.05) is 40.4 Å². The molecule has 1 aliphatic rings. The average molecular weight is 250 g/mol. The van der Waals surface area contributed by atoms with E-state index in [2.05, 4.69) is 23.2 Å². The second kappa shape index (κ2) is 6.07. The SMILES string of the molecule is COc1ccc(CN2CCNCC2)c(C)c1OC. The highest BCUT2D eigenvalue weighted by molar-refractivity contribution is 5.50. The number of hydrogen-bond acceptors (Lipinski definition) is 4. The number of nitrogens with one attached hydrogen (secondary N) is 1. The summed E-state index contributed by atoms with van der Waals surface area (Å²) >= 11 is 0. The maximum Gasteiger partial charge on any atom is 0.163 e. The minimum absolute atomic E-state index is 0.805. The van der Waals surface area contributed by atoms with Crippen molar-refractivity contribution < 1.29 is 9.47 Å². The lowest BCUT2D eigenvalue weighted by atomic mass is 10.1. The number of piperazine rings is 1. The van der Waals surface area contributed by atoms with Gasteiger partial charge in [-0.25, -0.2) is 0 Å². The van der Waals surface area contributed by atoms with Gasteiger partial charge in [0.25, 0.3) is 0 Å². The van der Waals surface area contributed by atoms with E-state index < -0.39 is 0 Å². The fourth-order valence-corrected chi connectivity index (χ4v) is 2.40. The first-order chi connectivity index (χ1) is 8.76. The van der Waals surface area contributed by atoms with E-state index >= 15 is 0 Å². The van der Waals surface area contributed by atoms with E-state index in [9.17, 15) is 0 Å². The maximum atomic E-state index is 5.44. The van der Waals surface area contributed by atoms with Crippen LogP contribution < -0.4 is 14.8 Å². The van der Waals surface area contributed by atoms with Gasteiger partial charge in [-0.2, -0.15) is 0 Å². The molecular weight excluding hydrogens is 228 g/mol. The lowest BCUT2D eigenvalue weighted by Crippen LogP contribution is -2.43. The minimum Gasteiger partial charge on any atom is -0.493 e. The topological polar surface area (TPSA) is 33.7 Å². The molecule has 1 aromatic carbocycles. The Morgan fingerprint density at radius 2 is 1.89 bits per heavy atom. The van der Waals surface area contributed by atoms with Crippen molar-refractivity contribution in [2.24, 2.45) is 0 Å². The van der Waals surface area contributed by atoms with Crippen molar-refractivity contribution in [3.05, 3.63) is 23.3 Å². The van der Waals surface area contributed by atoms with Crippen LogP contribution >= 0.6 is 0 Å². The van der Waals surface area contributed by atoms with E-state index in [0.717, 1.165) is 44.2 Å². The van der Waals surface area contributed by atoms with Gasteiger partial charge in [-0.1, -0.05) is 6.07 Å². The molecule has 4 nitrogen and oxygen atoms in total. The summed E-state index contributed by atoms with van der Waals surface area (Å²) in [6, 6.07) is 4.13. The van der Waals surface area contributed by atoms with E-state index in [1.807, 2.05) is 6.07 Å². The first kappa shape index (κ1) is 13.2. The van der Waals surface area contributed by atoms with Gasteiger partial charge in [0.2, 0.25) is 0 Å². The molecule has 100 valence electrons. The van der Waals surface area contributed by atoms with Crippen LogP contribution in [0.25, 0.3) is 0 Å². The largest absolute Gasteiger partial charge is 0.493 e. The Hall–Kier alpha value is -1.26. The second-order valence-electron chi connectivity index (χ2n) is 4.61. The summed E-state index contributed by atoms with van der Waals surface area (Å²) in [5, 5.41) is 3.37. The van der Waals surface area contributed by atoms with Gasteiger partial charge >= 0.3 is 0 Å². The van der Waals surface area contributed by atoms with Crippen LogP contribution in [0.3, 0.4) is 0 Å². The van der Waals surface area contributed by atoms with Gasteiger partial charge in [0, 0.05) is 32.7 Å². The molecule has 4 heteroatoms. The minimum atomic E-state index is 0.805. The molecule has 0 amide bonds. The average Bonchev–Trinajstić information content (AvgIpc) is 2.42. The summed E-state index contributed by atoms with van der Waals surface area (Å²) in [5.74, 6) is 1.66. The van der Waals surface area contributed by atoms with E-state index in [-0.39, 0.29) is 0 Å². The van der Waals surface area contributed by atoms with Crippen LogP contribution in [0.4, 0.5) is 0 Å². The third kappa shape index (κ3) is 2.76.